The number of carbonyl (C=O) groups excluding carboxylic acids is 1. The normalized spacial score (nSPS) is 19.7. The summed E-state index contributed by atoms with van der Waals surface area (Å²) in [4.78, 5) is 30.5. The highest BCUT2D eigenvalue weighted by Crippen LogP contribution is 2.44. The summed E-state index contributed by atoms with van der Waals surface area (Å²) in [6.07, 6.45) is 1.34. The standard InChI is InChI=1S/C30H33Cl2FN8O/c1-7-22(42)40-11-17(4)41(12-16(40)3)29-19-10-20(31)24(23-15(2)8-9-21-25(23)28(32)37-36-21)26(33)27(19)34-30(35-29)39-13-18(14-39)38(5)6/h7-10,16-18H,1,11-14H2,2-6H3,(H,36,37)/t16-,17+/m1/s1. The number of hydrogen-bond acceptors (Lipinski definition) is 7. The number of amides is 1. The second kappa shape index (κ2) is 10.7. The van der Waals surface area contributed by atoms with Gasteiger partial charge in [-0.25, -0.2) is 9.37 Å². The summed E-state index contributed by atoms with van der Waals surface area (Å²) >= 11 is 13.4. The van der Waals surface area contributed by atoms with E-state index in [9.17, 15) is 4.79 Å². The Bertz CT molecular complexity index is 1730. The lowest BCUT2D eigenvalue weighted by Crippen LogP contribution is -2.59. The molecular weight excluding hydrogens is 578 g/mol. The number of aryl methyl sites for hydroxylation is 1. The Morgan fingerprint density at radius 1 is 1.12 bits per heavy atom. The first-order valence-electron chi connectivity index (χ1n) is 13.9. The number of benzene rings is 2. The molecule has 2 atom stereocenters. The highest BCUT2D eigenvalue weighted by Gasteiger charge is 2.36. The SMILES string of the molecule is C=CC(=O)N1C[C@H](C)N(c2nc(N3CC(N(C)C)C3)nc3c(F)c(-c4c(C)ccc5n[nH]c(Cl)c45)c(Cl)cc23)C[C@H]1C. The lowest BCUT2D eigenvalue weighted by molar-refractivity contribution is -0.128. The monoisotopic (exact) mass is 610 g/mol. The van der Waals surface area contributed by atoms with Crippen molar-refractivity contribution in [2.24, 2.45) is 0 Å². The molecule has 2 aliphatic rings. The van der Waals surface area contributed by atoms with E-state index in [0.717, 1.165) is 18.7 Å². The van der Waals surface area contributed by atoms with Crippen LogP contribution >= 0.6 is 23.2 Å². The number of aromatic amines is 1. The lowest BCUT2D eigenvalue weighted by Gasteiger charge is -2.45. The second-order valence-corrected chi connectivity index (χ2v) is 12.3. The number of fused-ring (bicyclic) bond motifs is 2. The summed E-state index contributed by atoms with van der Waals surface area (Å²) in [7, 11) is 4.08. The van der Waals surface area contributed by atoms with Gasteiger partial charge in [-0.15, -0.1) is 0 Å². The summed E-state index contributed by atoms with van der Waals surface area (Å²) in [5.41, 5.74) is 2.41. The van der Waals surface area contributed by atoms with Crippen LogP contribution in [0.15, 0.2) is 30.9 Å². The van der Waals surface area contributed by atoms with E-state index >= 15 is 4.39 Å². The van der Waals surface area contributed by atoms with Crippen LogP contribution < -0.4 is 9.80 Å². The maximum absolute atomic E-state index is 16.9. The zero-order valence-electron chi connectivity index (χ0n) is 24.2. The molecule has 220 valence electrons. The minimum absolute atomic E-state index is 0.0933. The van der Waals surface area contributed by atoms with Gasteiger partial charge < -0.3 is 19.6 Å². The van der Waals surface area contributed by atoms with E-state index in [4.69, 9.17) is 33.2 Å². The first kappa shape index (κ1) is 28.6. The zero-order chi connectivity index (χ0) is 30.0. The van der Waals surface area contributed by atoms with Crippen LogP contribution in [0.2, 0.25) is 10.2 Å². The molecule has 42 heavy (non-hydrogen) atoms. The highest BCUT2D eigenvalue weighted by molar-refractivity contribution is 6.37. The lowest BCUT2D eigenvalue weighted by atomic mass is 9.95. The Labute approximate surface area is 253 Å². The van der Waals surface area contributed by atoms with Gasteiger partial charge in [0, 0.05) is 66.2 Å². The maximum Gasteiger partial charge on any atom is 0.246 e. The van der Waals surface area contributed by atoms with Crippen LogP contribution in [0.4, 0.5) is 16.2 Å². The van der Waals surface area contributed by atoms with Crippen molar-refractivity contribution in [1.82, 2.24) is 30.0 Å². The van der Waals surface area contributed by atoms with Crippen molar-refractivity contribution in [3.05, 3.63) is 52.4 Å². The van der Waals surface area contributed by atoms with Gasteiger partial charge >= 0.3 is 0 Å². The van der Waals surface area contributed by atoms with Gasteiger partial charge in [0.15, 0.2) is 5.82 Å². The first-order valence-corrected chi connectivity index (χ1v) is 14.7. The number of nitrogens with one attached hydrogen (secondary N) is 1. The number of nitrogens with zero attached hydrogens (tertiary/aromatic N) is 7. The maximum atomic E-state index is 16.9. The third-order valence-electron chi connectivity index (χ3n) is 8.58. The molecule has 2 aliphatic heterocycles. The second-order valence-electron chi connectivity index (χ2n) is 11.5. The van der Waals surface area contributed by atoms with Crippen LogP contribution in [0.5, 0.6) is 0 Å². The van der Waals surface area contributed by atoms with Gasteiger partial charge in [-0.3, -0.25) is 9.89 Å². The zero-order valence-corrected chi connectivity index (χ0v) is 25.8. The molecule has 2 aromatic carbocycles. The van der Waals surface area contributed by atoms with E-state index in [1.807, 2.05) is 47.0 Å². The van der Waals surface area contributed by atoms with Gasteiger partial charge in [0.25, 0.3) is 0 Å². The van der Waals surface area contributed by atoms with Gasteiger partial charge in [-0.05, 0) is 58.6 Å². The first-order chi connectivity index (χ1) is 20.0. The molecule has 2 fully saturated rings. The van der Waals surface area contributed by atoms with Gasteiger partial charge in [-0.2, -0.15) is 10.1 Å². The summed E-state index contributed by atoms with van der Waals surface area (Å²) in [5.74, 6) is 0.403. The number of H-pyrrole nitrogens is 1. The fourth-order valence-electron chi connectivity index (χ4n) is 6.05. The average Bonchev–Trinajstić information content (AvgIpc) is 3.30. The number of carbonyl (C=O) groups is 1. The van der Waals surface area contributed by atoms with Gasteiger partial charge in [0.1, 0.15) is 16.5 Å². The minimum Gasteiger partial charge on any atom is -0.349 e. The van der Waals surface area contributed by atoms with E-state index in [0.29, 0.717) is 57.9 Å². The number of piperazine rings is 1. The van der Waals surface area contributed by atoms with E-state index in [1.54, 1.807) is 11.0 Å². The van der Waals surface area contributed by atoms with Gasteiger partial charge in [-0.1, -0.05) is 35.8 Å². The number of hydrogen-bond donors (Lipinski definition) is 1. The molecule has 1 N–H and O–H groups in total. The van der Waals surface area contributed by atoms with Gasteiger partial charge in [0.2, 0.25) is 11.9 Å². The van der Waals surface area contributed by atoms with Crippen molar-refractivity contribution >= 4 is 62.7 Å². The molecule has 0 aliphatic carbocycles. The predicted molar refractivity (Wildman–Crippen MR) is 167 cm³/mol. The number of aromatic nitrogens is 4. The minimum atomic E-state index is -0.541. The Balaban J connectivity index is 1.55. The number of rotatable bonds is 5. The van der Waals surface area contributed by atoms with E-state index in [1.165, 1.54) is 6.08 Å². The molecule has 12 heteroatoms. The quantitative estimate of drug-likeness (QED) is 0.307. The van der Waals surface area contributed by atoms with E-state index in [2.05, 4.69) is 31.5 Å². The largest absolute Gasteiger partial charge is 0.349 e. The summed E-state index contributed by atoms with van der Waals surface area (Å²) in [6, 6.07) is 5.62. The van der Waals surface area contributed by atoms with E-state index < -0.39 is 5.82 Å². The fraction of sp³-hybridized carbons (Fsp3) is 0.400. The molecular formula is C30H33Cl2FN8O. The van der Waals surface area contributed by atoms with Crippen molar-refractivity contribution in [1.29, 1.82) is 0 Å². The molecule has 2 saturated heterocycles. The molecule has 0 radical (unpaired) electrons. The van der Waals surface area contributed by atoms with Crippen LogP contribution in [0.3, 0.4) is 0 Å². The molecule has 0 bridgehead atoms. The van der Waals surface area contributed by atoms with Crippen LogP contribution in [-0.2, 0) is 4.79 Å². The van der Waals surface area contributed by atoms with Crippen molar-refractivity contribution < 1.29 is 9.18 Å². The smallest absolute Gasteiger partial charge is 0.246 e. The summed E-state index contributed by atoms with van der Waals surface area (Å²) in [5, 5.41) is 8.71. The molecule has 0 saturated carbocycles. The van der Waals surface area contributed by atoms with Crippen LogP contribution in [0, 0.1) is 12.7 Å². The highest BCUT2D eigenvalue weighted by atomic mass is 35.5. The van der Waals surface area contributed by atoms with Crippen LogP contribution in [-0.4, -0.2) is 94.3 Å². The Morgan fingerprint density at radius 2 is 1.86 bits per heavy atom. The topological polar surface area (TPSA) is 84.5 Å². The van der Waals surface area contributed by atoms with Crippen molar-refractivity contribution in [2.75, 3.05) is 50.1 Å². The molecule has 0 unspecified atom stereocenters. The molecule has 4 aromatic rings. The third-order valence-corrected chi connectivity index (χ3v) is 9.15. The van der Waals surface area contributed by atoms with Crippen molar-refractivity contribution in [3.63, 3.8) is 0 Å². The number of anilines is 2. The number of halogens is 3. The van der Waals surface area contributed by atoms with Crippen molar-refractivity contribution in [3.8, 4) is 11.1 Å². The molecule has 1 amide bonds. The summed E-state index contributed by atoms with van der Waals surface area (Å²) in [6.45, 7) is 12.0. The van der Waals surface area contributed by atoms with Crippen molar-refractivity contribution in [2.45, 2.75) is 38.9 Å². The van der Waals surface area contributed by atoms with Crippen LogP contribution in [0.25, 0.3) is 32.9 Å². The molecule has 0 spiro atoms. The predicted octanol–water partition coefficient (Wildman–Crippen LogP) is 5.29. The van der Waals surface area contributed by atoms with Gasteiger partial charge in [0.05, 0.1) is 10.5 Å². The molecule has 9 nitrogen and oxygen atoms in total. The average molecular weight is 612 g/mol. The molecule has 6 rings (SSSR count). The van der Waals surface area contributed by atoms with Crippen LogP contribution in [0.1, 0.15) is 19.4 Å². The summed E-state index contributed by atoms with van der Waals surface area (Å²) < 4.78 is 16.9. The fourth-order valence-corrected chi connectivity index (χ4v) is 6.57. The molecule has 4 heterocycles. The molecule has 2 aromatic heterocycles. The van der Waals surface area contributed by atoms with E-state index in [-0.39, 0.29) is 34.1 Å². The Kier molecular flexibility index (Phi) is 7.27. The Hall–Kier alpha value is -3.47. The Morgan fingerprint density at radius 3 is 2.55 bits per heavy atom. The third kappa shape index (κ3) is 4.56. The number of likely N-dealkylation sites (N-methyl/N-ethyl adjacent to an activating group) is 1.